The Morgan fingerprint density at radius 2 is 1.89 bits per heavy atom. The quantitative estimate of drug-likeness (QED) is 0.792. The average Bonchev–Trinajstić information content (AvgIpc) is 2.39. The highest BCUT2D eigenvalue weighted by Gasteiger charge is 2.23. The van der Waals surface area contributed by atoms with Gasteiger partial charge in [-0.3, -0.25) is 4.79 Å². The molecule has 0 spiro atoms. The second-order valence-corrected chi connectivity index (χ2v) is 4.93. The molecule has 0 saturated heterocycles. The van der Waals surface area contributed by atoms with Gasteiger partial charge in [0.05, 0.1) is 17.7 Å². The molecule has 1 aliphatic heterocycles. The van der Waals surface area contributed by atoms with Crippen LogP contribution in [0.2, 0.25) is 5.02 Å². The van der Waals surface area contributed by atoms with Gasteiger partial charge in [0.15, 0.2) is 11.6 Å². The van der Waals surface area contributed by atoms with Crippen LogP contribution in [0.4, 0.5) is 5.82 Å². The van der Waals surface area contributed by atoms with Crippen LogP contribution in [0.3, 0.4) is 0 Å². The Kier molecular flexibility index (Phi) is 2.91. The van der Waals surface area contributed by atoms with Crippen molar-refractivity contribution in [2.24, 2.45) is 4.99 Å². The molecule has 19 heavy (non-hydrogen) atoms. The molecule has 94 valence electrons. The van der Waals surface area contributed by atoms with E-state index >= 15 is 0 Å². The molecular formula is C15H11ClN2O. The average molecular weight is 271 g/mol. The summed E-state index contributed by atoms with van der Waals surface area (Å²) in [7, 11) is 0. The van der Waals surface area contributed by atoms with Crippen molar-refractivity contribution < 1.29 is 4.79 Å². The summed E-state index contributed by atoms with van der Waals surface area (Å²) in [5.74, 6) is 0.585. The topological polar surface area (TPSA) is 42.3 Å². The Balaban J connectivity index is 2.11. The van der Waals surface area contributed by atoms with Gasteiger partial charge in [-0.05, 0) is 36.2 Å². The Morgan fingerprint density at radius 3 is 2.63 bits per heavy atom. The molecule has 0 saturated carbocycles. The lowest BCUT2D eigenvalue weighted by Gasteiger charge is -2.15. The minimum atomic E-state index is 0.0700. The molecule has 0 amide bonds. The van der Waals surface area contributed by atoms with E-state index in [9.17, 15) is 4.79 Å². The zero-order valence-corrected chi connectivity index (χ0v) is 11.1. The lowest BCUT2D eigenvalue weighted by Crippen LogP contribution is -2.16. The maximum atomic E-state index is 12.2. The normalized spacial score (nSPS) is 14.0. The van der Waals surface area contributed by atoms with Gasteiger partial charge in [-0.2, -0.15) is 0 Å². The third kappa shape index (κ3) is 2.17. The van der Waals surface area contributed by atoms with E-state index in [1.165, 1.54) is 0 Å². The number of fused-ring (bicyclic) bond motifs is 1. The second kappa shape index (κ2) is 4.59. The van der Waals surface area contributed by atoms with E-state index in [1.807, 2.05) is 25.1 Å². The Labute approximate surface area is 116 Å². The number of aromatic nitrogens is 1. The molecule has 3 nitrogen and oxygen atoms in total. The largest absolute Gasteiger partial charge is 0.294 e. The van der Waals surface area contributed by atoms with Gasteiger partial charge in [0, 0.05) is 11.2 Å². The lowest BCUT2D eigenvalue weighted by molar-refractivity contribution is 0.0999. The Hall–Kier alpha value is -2.00. The molecule has 1 aromatic carbocycles. The number of ketones is 1. The monoisotopic (exact) mass is 270 g/mol. The van der Waals surface area contributed by atoms with E-state index in [0.717, 1.165) is 16.8 Å². The van der Waals surface area contributed by atoms with E-state index < -0.39 is 0 Å². The molecule has 0 atom stereocenters. The summed E-state index contributed by atoms with van der Waals surface area (Å²) in [4.78, 5) is 20.9. The Morgan fingerprint density at radius 1 is 1.16 bits per heavy atom. The number of carbonyl (C=O) groups is 1. The van der Waals surface area contributed by atoms with Crippen molar-refractivity contribution in [1.82, 2.24) is 4.98 Å². The van der Waals surface area contributed by atoms with Gasteiger partial charge in [-0.15, -0.1) is 0 Å². The van der Waals surface area contributed by atoms with Gasteiger partial charge in [-0.25, -0.2) is 9.98 Å². The fourth-order valence-corrected chi connectivity index (χ4v) is 2.32. The number of pyridine rings is 1. The first kappa shape index (κ1) is 12.1. The minimum absolute atomic E-state index is 0.0700. The van der Waals surface area contributed by atoms with Crippen LogP contribution in [0, 0.1) is 6.92 Å². The van der Waals surface area contributed by atoms with E-state index in [-0.39, 0.29) is 5.78 Å². The van der Waals surface area contributed by atoms with Crippen molar-refractivity contribution in [2.75, 3.05) is 0 Å². The van der Waals surface area contributed by atoms with E-state index in [1.54, 1.807) is 18.3 Å². The molecule has 3 rings (SSSR count). The van der Waals surface area contributed by atoms with Gasteiger partial charge < -0.3 is 0 Å². The van der Waals surface area contributed by atoms with Crippen LogP contribution in [0.15, 0.2) is 41.5 Å². The SMILES string of the molecule is Cc1ccnc2c1C(=O)CC(c1ccc(Cl)cc1)=N2. The van der Waals surface area contributed by atoms with Crippen molar-refractivity contribution in [3.05, 3.63) is 58.2 Å². The fourth-order valence-electron chi connectivity index (χ4n) is 2.19. The summed E-state index contributed by atoms with van der Waals surface area (Å²) in [5, 5.41) is 0.667. The molecule has 1 aromatic heterocycles. The zero-order valence-electron chi connectivity index (χ0n) is 10.4. The first-order chi connectivity index (χ1) is 9.15. The summed E-state index contributed by atoms with van der Waals surface area (Å²) < 4.78 is 0. The van der Waals surface area contributed by atoms with Crippen molar-refractivity contribution >= 4 is 28.9 Å². The van der Waals surface area contributed by atoms with Crippen LogP contribution in [0.1, 0.15) is 27.9 Å². The van der Waals surface area contributed by atoms with Crippen LogP contribution < -0.4 is 0 Å². The molecule has 0 fully saturated rings. The molecule has 0 radical (unpaired) electrons. The molecule has 0 aliphatic carbocycles. The van der Waals surface area contributed by atoms with Gasteiger partial charge in [-0.1, -0.05) is 23.7 Å². The van der Waals surface area contributed by atoms with Crippen LogP contribution in [0.5, 0.6) is 0 Å². The second-order valence-electron chi connectivity index (χ2n) is 4.49. The maximum Gasteiger partial charge on any atom is 0.172 e. The number of hydrogen-bond acceptors (Lipinski definition) is 3. The number of aliphatic imine (C=N–C) groups is 1. The van der Waals surface area contributed by atoms with Crippen molar-refractivity contribution in [3.8, 4) is 0 Å². The van der Waals surface area contributed by atoms with Crippen LogP contribution in [-0.2, 0) is 0 Å². The first-order valence-electron chi connectivity index (χ1n) is 5.97. The van der Waals surface area contributed by atoms with Crippen molar-refractivity contribution in [3.63, 3.8) is 0 Å². The first-order valence-corrected chi connectivity index (χ1v) is 6.35. The Bertz CT molecular complexity index is 690. The van der Waals surface area contributed by atoms with Gasteiger partial charge in [0.2, 0.25) is 0 Å². The number of nitrogens with zero attached hydrogens (tertiary/aromatic N) is 2. The van der Waals surface area contributed by atoms with Gasteiger partial charge in [0.1, 0.15) is 0 Å². The fraction of sp³-hybridized carbons (Fsp3) is 0.133. The maximum absolute atomic E-state index is 12.2. The zero-order chi connectivity index (χ0) is 13.4. The molecular weight excluding hydrogens is 260 g/mol. The van der Waals surface area contributed by atoms with E-state index in [4.69, 9.17) is 11.6 Å². The van der Waals surface area contributed by atoms with E-state index in [0.29, 0.717) is 22.8 Å². The van der Waals surface area contributed by atoms with Crippen LogP contribution in [-0.4, -0.2) is 16.5 Å². The highest BCUT2D eigenvalue weighted by atomic mass is 35.5. The number of rotatable bonds is 1. The number of halogens is 1. The molecule has 1 aliphatic rings. The number of aryl methyl sites for hydroxylation is 1. The predicted molar refractivity (Wildman–Crippen MR) is 75.6 cm³/mol. The lowest BCUT2D eigenvalue weighted by atomic mass is 9.95. The summed E-state index contributed by atoms with van der Waals surface area (Å²) in [6, 6.07) is 9.16. The number of hydrogen-bond donors (Lipinski definition) is 0. The summed E-state index contributed by atoms with van der Waals surface area (Å²) in [6.07, 6.45) is 1.98. The molecule has 4 heteroatoms. The van der Waals surface area contributed by atoms with Crippen molar-refractivity contribution in [2.45, 2.75) is 13.3 Å². The van der Waals surface area contributed by atoms with Gasteiger partial charge in [0.25, 0.3) is 0 Å². The summed E-state index contributed by atoms with van der Waals surface area (Å²) in [6.45, 7) is 1.90. The number of carbonyl (C=O) groups excluding carboxylic acids is 1. The molecule has 0 unspecified atom stereocenters. The van der Waals surface area contributed by atoms with Crippen LogP contribution >= 0.6 is 11.6 Å². The number of Topliss-reactive ketones (excluding diaryl/α,β-unsaturated/α-hetero) is 1. The third-order valence-corrected chi connectivity index (χ3v) is 3.42. The highest BCUT2D eigenvalue weighted by molar-refractivity contribution is 6.30. The molecule has 0 bridgehead atoms. The predicted octanol–water partition coefficient (Wildman–Crippen LogP) is 3.75. The van der Waals surface area contributed by atoms with Crippen LogP contribution in [0.25, 0.3) is 0 Å². The molecule has 0 N–H and O–H groups in total. The number of benzene rings is 1. The van der Waals surface area contributed by atoms with Crippen molar-refractivity contribution in [1.29, 1.82) is 0 Å². The van der Waals surface area contributed by atoms with Gasteiger partial charge >= 0.3 is 0 Å². The summed E-state index contributed by atoms with van der Waals surface area (Å²) >= 11 is 5.86. The highest BCUT2D eigenvalue weighted by Crippen LogP contribution is 2.28. The standard InChI is InChI=1S/C15H11ClN2O/c1-9-6-7-17-15-14(9)13(19)8-12(18-15)10-2-4-11(16)5-3-10/h2-7H,8H2,1H3. The van der Waals surface area contributed by atoms with E-state index in [2.05, 4.69) is 9.98 Å². The molecule has 2 aromatic rings. The molecule has 2 heterocycles. The minimum Gasteiger partial charge on any atom is -0.294 e. The summed E-state index contributed by atoms with van der Waals surface area (Å²) in [5.41, 5.74) is 3.22. The smallest absolute Gasteiger partial charge is 0.172 e. The third-order valence-electron chi connectivity index (χ3n) is 3.16.